The maximum atomic E-state index is 11.4. The molecule has 0 aliphatic carbocycles. The summed E-state index contributed by atoms with van der Waals surface area (Å²) in [4.78, 5) is 15.7. The number of anilines is 1. The van der Waals surface area contributed by atoms with E-state index in [2.05, 4.69) is 10.3 Å². The number of aryl methyl sites for hydroxylation is 1. The van der Waals surface area contributed by atoms with Crippen molar-refractivity contribution in [2.45, 2.75) is 20.3 Å². The van der Waals surface area contributed by atoms with Crippen LogP contribution in [0.1, 0.15) is 18.9 Å². The molecule has 0 bridgehead atoms. The first-order valence-electron chi connectivity index (χ1n) is 5.36. The standard InChI is InChI=1S/C13H14N2O/c1-3-12(16)15-11-7-6-9(2)13-10(11)5-4-8-14-13/h4-8H,3H2,1-2H3,(H,15,16). The van der Waals surface area contributed by atoms with E-state index in [0.717, 1.165) is 22.2 Å². The summed E-state index contributed by atoms with van der Waals surface area (Å²) in [6.45, 7) is 3.85. The van der Waals surface area contributed by atoms with Gasteiger partial charge in [0.1, 0.15) is 0 Å². The van der Waals surface area contributed by atoms with Crippen molar-refractivity contribution < 1.29 is 4.79 Å². The number of aromatic nitrogens is 1. The molecular formula is C13H14N2O. The number of carbonyl (C=O) groups is 1. The van der Waals surface area contributed by atoms with Crippen molar-refractivity contribution >= 4 is 22.5 Å². The van der Waals surface area contributed by atoms with Gasteiger partial charge in [0.2, 0.25) is 5.91 Å². The predicted octanol–water partition coefficient (Wildman–Crippen LogP) is 2.89. The fourth-order valence-corrected chi connectivity index (χ4v) is 1.66. The number of amides is 1. The summed E-state index contributed by atoms with van der Waals surface area (Å²) in [5.41, 5.74) is 2.89. The van der Waals surface area contributed by atoms with Crippen LogP contribution in [0.2, 0.25) is 0 Å². The van der Waals surface area contributed by atoms with Crippen LogP contribution < -0.4 is 5.32 Å². The van der Waals surface area contributed by atoms with Crippen LogP contribution in [0.4, 0.5) is 5.69 Å². The highest BCUT2D eigenvalue weighted by Crippen LogP contribution is 2.24. The minimum atomic E-state index is 0.0222. The Bertz CT molecular complexity index is 534. The van der Waals surface area contributed by atoms with Gasteiger partial charge in [-0.3, -0.25) is 9.78 Å². The van der Waals surface area contributed by atoms with Crippen molar-refractivity contribution in [3.05, 3.63) is 36.0 Å². The van der Waals surface area contributed by atoms with Gasteiger partial charge in [-0.2, -0.15) is 0 Å². The van der Waals surface area contributed by atoms with Crippen molar-refractivity contribution in [2.24, 2.45) is 0 Å². The number of nitrogens with zero attached hydrogens (tertiary/aromatic N) is 1. The Hall–Kier alpha value is -1.90. The maximum Gasteiger partial charge on any atom is 0.224 e. The number of nitrogens with one attached hydrogen (secondary N) is 1. The van der Waals surface area contributed by atoms with Gasteiger partial charge in [0.05, 0.1) is 11.2 Å². The molecule has 0 unspecified atom stereocenters. The number of hydrogen-bond acceptors (Lipinski definition) is 2. The van der Waals surface area contributed by atoms with Crippen molar-refractivity contribution in [2.75, 3.05) is 5.32 Å². The van der Waals surface area contributed by atoms with E-state index in [-0.39, 0.29) is 5.91 Å². The lowest BCUT2D eigenvalue weighted by molar-refractivity contribution is -0.115. The second-order valence-electron chi connectivity index (χ2n) is 3.73. The second-order valence-corrected chi connectivity index (χ2v) is 3.73. The lowest BCUT2D eigenvalue weighted by Crippen LogP contribution is -2.09. The fraction of sp³-hybridized carbons (Fsp3) is 0.231. The third-order valence-electron chi connectivity index (χ3n) is 2.57. The Morgan fingerprint density at radius 2 is 2.19 bits per heavy atom. The Labute approximate surface area is 94.5 Å². The smallest absolute Gasteiger partial charge is 0.224 e. The first-order valence-corrected chi connectivity index (χ1v) is 5.36. The molecule has 1 aromatic carbocycles. The fourth-order valence-electron chi connectivity index (χ4n) is 1.66. The van der Waals surface area contributed by atoms with E-state index in [1.807, 2.05) is 38.1 Å². The van der Waals surface area contributed by atoms with E-state index in [1.165, 1.54) is 0 Å². The van der Waals surface area contributed by atoms with Crippen LogP contribution in [0.15, 0.2) is 30.5 Å². The average Bonchev–Trinajstić information content (AvgIpc) is 2.33. The molecule has 2 aromatic rings. The van der Waals surface area contributed by atoms with Crippen LogP contribution in [0, 0.1) is 6.92 Å². The molecule has 1 N–H and O–H groups in total. The molecule has 3 nitrogen and oxygen atoms in total. The Morgan fingerprint density at radius 3 is 2.94 bits per heavy atom. The molecule has 0 atom stereocenters. The number of hydrogen-bond donors (Lipinski definition) is 1. The molecule has 1 amide bonds. The molecule has 0 saturated carbocycles. The van der Waals surface area contributed by atoms with Gasteiger partial charge in [-0.05, 0) is 30.7 Å². The molecule has 0 aliphatic rings. The van der Waals surface area contributed by atoms with Gasteiger partial charge in [-0.25, -0.2) is 0 Å². The van der Waals surface area contributed by atoms with E-state index in [1.54, 1.807) is 6.20 Å². The van der Waals surface area contributed by atoms with E-state index >= 15 is 0 Å². The molecule has 2 rings (SSSR count). The normalized spacial score (nSPS) is 10.4. The summed E-state index contributed by atoms with van der Waals surface area (Å²) < 4.78 is 0. The van der Waals surface area contributed by atoms with Crippen LogP contribution in [-0.4, -0.2) is 10.9 Å². The number of carbonyl (C=O) groups excluding carboxylic acids is 1. The van der Waals surface area contributed by atoms with Gasteiger partial charge in [0, 0.05) is 18.0 Å². The SMILES string of the molecule is CCC(=O)Nc1ccc(C)c2ncccc12. The molecule has 0 radical (unpaired) electrons. The summed E-state index contributed by atoms with van der Waals surface area (Å²) >= 11 is 0. The van der Waals surface area contributed by atoms with E-state index in [9.17, 15) is 4.79 Å². The van der Waals surface area contributed by atoms with Crippen molar-refractivity contribution in [1.29, 1.82) is 0 Å². The van der Waals surface area contributed by atoms with E-state index in [4.69, 9.17) is 0 Å². The second kappa shape index (κ2) is 4.31. The van der Waals surface area contributed by atoms with Gasteiger partial charge in [-0.1, -0.05) is 13.0 Å². The third-order valence-corrected chi connectivity index (χ3v) is 2.57. The quantitative estimate of drug-likeness (QED) is 0.835. The largest absolute Gasteiger partial charge is 0.325 e. The molecule has 1 aromatic heterocycles. The van der Waals surface area contributed by atoms with Crippen LogP contribution >= 0.6 is 0 Å². The molecule has 1 heterocycles. The van der Waals surface area contributed by atoms with Crippen molar-refractivity contribution in [1.82, 2.24) is 4.98 Å². The Balaban J connectivity index is 2.54. The monoisotopic (exact) mass is 214 g/mol. The lowest BCUT2D eigenvalue weighted by atomic mass is 10.1. The summed E-state index contributed by atoms with van der Waals surface area (Å²) in [6.07, 6.45) is 2.25. The van der Waals surface area contributed by atoms with Gasteiger partial charge in [0.25, 0.3) is 0 Å². The van der Waals surface area contributed by atoms with E-state index in [0.29, 0.717) is 6.42 Å². The first kappa shape index (κ1) is 10.6. The molecule has 0 fully saturated rings. The van der Waals surface area contributed by atoms with Crippen LogP contribution in [0.3, 0.4) is 0 Å². The third kappa shape index (κ3) is 1.89. The number of fused-ring (bicyclic) bond motifs is 1. The molecule has 3 heteroatoms. The highest BCUT2D eigenvalue weighted by atomic mass is 16.1. The van der Waals surface area contributed by atoms with Crippen molar-refractivity contribution in [3.8, 4) is 0 Å². The zero-order chi connectivity index (χ0) is 11.5. The Kier molecular flexibility index (Phi) is 2.86. The highest BCUT2D eigenvalue weighted by Gasteiger charge is 2.06. The van der Waals surface area contributed by atoms with Gasteiger partial charge >= 0.3 is 0 Å². The molecule has 0 spiro atoms. The lowest BCUT2D eigenvalue weighted by Gasteiger charge is -2.08. The minimum absolute atomic E-state index is 0.0222. The van der Waals surface area contributed by atoms with E-state index < -0.39 is 0 Å². The molecule has 16 heavy (non-hydrogen) atoms. The average molecular weight is 214 g/mol. The maximum absolute atomic E-state index is 11.4. The summed E-state index contributed by atoms with van der Waals surface area (Å²) in [5.74, 6) is 0.0222. The minimum Gasteiger partial charge on any atom is -0.325 e. The molecule has 0 aliphatic heterocycles. The predicted molar refractivity (Wildman–Crippen MR) is 65.4 cm³/mol. The van der Waals surface area contributed by atoms with Crippen LogP contribution in [0.25, 0.3) is 10.9 Å². The van der Waals surface area contributed by atoms with Gasteiger partial charge in [0.15, 0.2) is 0 Å². The summed E-state index contributed by atoms with van der Waals surface area (Å²) in [7, 11) is 0. The molecule has 82 valence electrons. The van der Waals surface area contributed by atoms with Crippen molar-refractivity contribution in [3.63, 3.8) is 0 Å². The topological polar surface area (TPSA) is 42.0 Å². The number of benzene rings is 1. The summed E-state index contributed by atoms with van der Waals surface area (Å²) in [5, 5.41) is 3.87. The van der Waals surface area contributed by atoms with Gasteiger partial charge in [-0.15, -0.1) is 0 Å². The zero-order valence-electron chi connectivity index (χ0n) is 9.45. The number of rotatable bonds is 2. The zero-order valence-corrected chi connectivity index (χ0v) is 9.45. The Morgan fingerprint density at radius 1 is 1.38 bits per heavy atom. The highest BCUT2D eigenvalue weighted by molar-refractivity contribution is 6.01. The van der Waals surface area contributed by atoms with Crippen LogP contribution in [-0.2, 0) is 4.79 Å². The first-order chi connectivity index (χ1) is 7.72. The van der Waals surface area contributed by atoms with Gasteiger partial charge < -0.3 is 5.32 Å². The molecule has 0 saturated heterocycles. The molecular weight excluding hydrogens is 200 g/mol. The number of pyridine rings is 1. The van der Waals surface area contributed by atoms with Crippen LogP contribution in [0.5, 0.6) is 0 Å². The summed E-state index contributed by atoms with van der Waals surface area (Å²) in [6, 6.07) is 7.75.